The number of rotatable bonds is 7. The Morgan fingerprint density at radius 1 is 1.21 bits per heavy atom. The van der Waals surface area contributed by atoms with E-state index in [0.29, 0.717) is 12.6 Å². The highest BCUT2D eigenvalue weighted by Gasteiger charge is 2.13. The van der Waals surface area contributed by atoms with Crippen molar-refractivity contribution < 1.29 is 14.6 Å². The van der Waals surface area contributed by atoms with Gasteiger partial charge in [-0.25, -0.2) is 0 Å². The number of carbonyl (C=O) groups is 1. The van der Waals surface area contributed by atoms with E-state index in [0.717, 1.165) is 27.8 Å². The highest BCUT2D eigenvalue weighted by atomic mass is 16.5. The van der Waals surface area contributed by atoms with Gasteiger partial charge in [-0.1, -0.05) is 30.2 Å². The molecule has 3 rings (SSSR count). The van der Waals surface area contributed by atoms with E-state index in [4.69, 9.17) is 9.84 Å². The van der Waals surface area contributed by atoms with Crippen LogP contribution in [-0.4, -0.2) is 20.9 Å². The lowest BCUT2D eigenvalue weighted by molar-refractivity contribution is -0.137. The molecule has 1 N–H and O–H groups in total. The average Bonchev–Trinajstić information content (AvgIpc) is 3.09. The topological polar surface area (TPSA) is 64.3 Å². The van der Waals surface area contributed by atoms with Crippen molar-refractivity contribution in [3.8, 4) is 17.6 Å². The summed E-state index contributed by atoms with van der Waals surface area (Å²) in [6.07, 6.45) is 1.87. The number of benzene rings is 2. The second-order valence-corrected chi connectivity index (χ2v) is 6.98. The van der Waals surface area contributed by atoms with E-state index in [1.165, 1.54) is 0 Å². The third-order valence-electron chi connectivity index (χ3n) is 4.54. The van der Waals surface area contributed by atoms with Crippen molar-refractivity contribution in [2.75, 3.05) is 0 Å². The van der Waals surface area contributed by atoms with Crippen LogP contribution in [0.2, 0.25) is 0 Å². The van der Waals surface area contributed by atoms with Crippen LogP contribution in [0.3, 0.4) is 0 Å². The molecule has 0 saturated carbocycles. The zero-order valence-corrected chi connectivity index (χ0v) is 16.3. The molecule has 0 fully saturated rings. The largest absolute Gasteiger partial charge is 0.489 e. The molecule has 0 aliphatic carbocycles. The summed E-state index contributed by atoms with van der Waals surface area (Å²) in [6.45, 7) is 6.38. The van der Waals surface area contributed by atoms with Gasteiger partial charge in [0.1, 0.15) is 12.4 Å². The Labute approximate surface area is 164 Å². The van der Waals surface area contributed by atoms with Gasteiger partial charge in [0.2, 0.25) is 0 Å². The van der Waals surface area contributed by atoms with Gasteiger partial charge in [0, 0.05) is 11.4 Å². The minimum Gasteiger partial charge on any atom is -0.489 e. The molecule has 3 aromatic rings. The summed E-state index contributed by atoms with van der Waals surface area (Å²) in [5.41, 5.74) is 3.05. The first-order chi connectivity index (χ1) is 13.5. The standard InChI is InChI=1S/C23H24N2O3/c1-4-5-19(13-23(26)27)18-8-10-21(11-9-18)28-15-17-6-7-20-14-24-25(16(2)3)22(20)12-17/h6-12,14,16,19H,13,15H2,1-3H3,(H,26,27). The third-order valence-corrected chi connectivity index (χ3v) is 4.54. The molecule has 0 aliphatic rings. The van der Waals surface area contributed by atoms with Crippen LogP contribution in [0, 0.1) is 11.8 Å². The van der Waals surface area contributed by atoms with Gasteiger partial charge < -0.3 is 9.84 Å². The molecule has 0 spiro atoms. The molecule has 0 radical (unpaired) electrons. The average molecular weight is 376 g/mol. The smallest absolute Gasteiger partial charge is 0.304 e. The van der Waals surface area contributed by atoms with E-state index in [-0.39, 0.29) is 12.3 Å². The summed E-state index contributed by atoms with van der Waals surface area (Å²) in [6, 6.07) is 14.0. The zero-order valence-electron chi connectivity index (χ0n) is 16.3. The van der Waals surface area contributed by atoms with E-state index in [1.54, 1.807) is 6.92 Å². The van der Waals surface area contributed by atoms with Crippen molar-refractivity contribution in [3.63, 3.8) is 0 Å². The van der Waals surface area contributed by atoms with Crippen LogP contribution in [0.4, 0.5) is 0 Å². The quantitative estimate of drug-likeness (QED) is 0.603. The highest BCUT2D eigenvalue weighted by Crippen LogP contribution is 2.24. The fraction of sp³-hybridized carbons (Fsp3) is 0.304. The number of hydrogen-bond donors (Lipinski definition) is 1. The fourth-order valence-electron chi connectivity index (χ4n) is 3.15. The van der Waals surface area contributed by atoms with Gasteiger partial charge in [0.05, 0.1) is 24.1 Å². The van der Waals surface area contributed by atoms with Crippen LogP contribution in [0.15, 0.2) is 48.7 Å². The first-order valence-corrected chi connectivity index (χ1v) is 9.31. The lowest BCUT2D eigenvalue weighted by Crippen LogP contribution is -2.05. The van der Waals surface area contributed by atoms with Crippen LogP contribution in [0.1, 0.15) is 50.3 Å². The molecule has 1 atom stereocenters. The molecule has 0 aliphatic heterocycles. The number of carboxylic acid groups (broad SMARTS) is 1. The van der Waals surface area contributed by atoms with Crippen LogP contribution < -0.4 is 4.74 Å². The van der Waals surface area contributed by atoms with Crippen molar-refractivity contribution in [2.24, 2.45) is 0 Å². The number of fused-ring (bicyclic) bond motifs is 1. The van der Waals surface area contributed by atoms with Crippen molar-refractivity contribution >= 4 is 16.9 Å². The maximum Gasteiger partial charge on any atom is 0.304 e. The molecular formula is C23H24N2O3. The summed E-state index contributed by atoms with van der Waals surface area (Å²) < 4.78 is 7.92. The predicted octanol–water partition coefficient (Wildman–Crippen LogP) is 4.78. The molecule has 1 heterocycles. The molecule has 0 bridgehead atoms. The summed E-state index contributed by atoms with van der Waals surface area (Å²) in [5.74, 6) is 5.33. The minimum absolute atomic E-state index is 0.00933. The number of aromatic nitrogens is 2. The Kier molecular flexibility index (Phi) is 6.00. The first kappa shape index (κ1) is 19.5. The van der Waals surface area contributed by atoms with Crippen molar-refractivity contribution in [1.29, 1.82) is 0 Å². The van der Waals surface area contributed by atoms with Crippen molar-refractivity contribution in [1.82, 2.24) is 9.78 Å². The zero-order chi connectivity index (χ0) is 20.1. The third kappa shape index (κ3) is 4.52. The SMILES string of the molecule is CC#CC(CC(=O)O)c1ccc(OCc2ccc3cnn(C(C)C)c3c2)cc1. The molecule has 144 valence electrons. The number of ether oxygens (including phenoxy) is 1. The van der Waals surface area contributed by atoms with E-state index < -0.39 is 5.97 Å². The summed E-state index contributed by atoms with van der Waals surface area (Å²) in [7, 11) is 0. The van der Waals surface area contributed by atoms with Crippen molar-refractivity contribution in [2.45, 2.75) is 45.8 Å². The monoisotopic (exact) mass is 376 g/mol. The van der Waals surface area contributed by atoms with Gasteiger partial charge in [0.15, 0.2) is 0 Å². The summed E-state index contributed by atoms with van der Waals surface area (Å²) >= 11 is 0. The molecular weight excluding hydrogens is 352 g/mol. The normalized spacial score (nSPS) is 11.9. The molecule has 5 nitrogen and oxygen atoms in total. The molecule has 28 heavy (non-hydrogen) atoms. The van der Waals surface area contributed by atoms with Crippen LogP contribution in [0.5, 0.6) is 5.75 Å². The minimum atomic E-state index is -0.857. The fourth-order valence-corrected chi connectivity index (χ4v) is 3.15. The number of carboxylic acids is 1. The molecule has 5 heteroatoms. The Balaban J connectivity index is 1.70. The Hall–Kier alpha value is -3.26. The van der Waals surface area contributed by atoms with E-state index in [9.17, 15) is 4.79 Å². The molecule has 1 aromatic heterocycles. The number of nitrogens with zero attached hydrogens (tertiary/aromatic N) is 2. The summed E-state index contributed by atoms with van der Waals surface area (Å²) in [4.78, 5) is 11.0. The Morgan fingerprint density at radius 3 is 2.61 bits per heavy atom. The van der Waals surface area contributed by atoms with Gasteiger partial charge in [-0.2, -0.15) is 5.10 Å². The van der Waals surface area contributed by atoms with Crippen molar-refractivity contribution in [3.05, 3.63) is 59.8 Å². The predicted molar refractivity (Wildman–Crippen MR) is 109 cm³/mol. The lowest BCUT2D eigenvalue weighted by atomic mass is 9.96. The van der Waals surface area contributed by atoms with Gasteiger partial charge in [-0.15, -0.1) is 5.92 Å². The van der Waals surface area contributed by atoms with E-state index >= 15 is 0 Å². The van der Waals surface area contributed by atoms with E-state index in [2.05, 4.69) is 42.9 Å². The van der Waals surface area contributed by atoms with Crippen LogP contribution >= 0.6 is 0 Å². The molecule has 2 aromatic carbocycles. The molecule has 0 saturated heterocycles. The second-order valence-electron chi connectivity index (χ2n) is 6.98. The first-order valence-electron chi connectivity index (χ1n) is 9.31. The van der Waals surface area contributed by atoms with Crippen LogP contribution in [-0.2, 0) is 11.4 Å². The molecule has 0 amide bonds. The van der Waals surface area contributed by atoms with E-state index in [1.807, 2.05) is 41.2 Å². The maximum atomic E-state index is 11.0. The molecule has 1 unspecified atom stereocenters. The van der Waals surface area contributed by atoms with Gasteiger partial charge in [-0.05, 0) is 50.1 Å². The van der Waals surface area contributed by atoms with Gasteiger partial charge in [-0.3, -0.25) is 9.48 Å². The van der Waals surface area contributed by atoms with Gasteiger partial charge in [0.25, 0.3) is 0 Å². The Morgan fingerprint density at radius 2 is 1.96 bits per heavy atom. The second kappa shape index (κ2) is 8.62. The maximum absolute atomic E-state index is 11.0. The lowest BCUT2D eigenvalue weighted by Gasteiger charge is -2.11. The Bertz CT molecular complexity index is 1020. The highest BCUT2D eigenvalue weighted by molar-refractivity contribution is 5.79. The van der Waals surface area contributed by atoms with Gasteiger partial charge >= 0.3 is 5.97 Å². The summed E-state index contributed by atoms with van der Waals surface area (Å²) in [5, 5.41) is 14.6. The van der Waals surface area contributed by atoms with Crippen LogP contribution in [0.25, 0.3) is 10.9 Å². The number of hydrogen-bond acceptors (Lipinski definition) is 3. The number of aliphatic carboxylic acids is 1.